The van der Waals surface area contributed by atoms with Crippen molar-refractivity contribution in [2.45, 2.75) is 31.7 Å². The zero-order valence-corrected chi connectivity index (χ0v) is 16.8. The van der Waals surface area contributed by atoms with Gasteiger partial charge in [0.2, 0.25) is 0 Å². The molecule has 0 radical (unpaired) electrons. The zero-order chi connectivity index (χ0) is 22.5. The third kappa shape index (κ3) is 5.02. The number of aliphatic hydroxyl groups excluding tert-OH is 4. The summed E-state index contributed by atoms with van der Waals surface area (Å²) in [6.45, 7) is 15.3. The number of hydrogen-bond acceptors (Lipinski definition) is 8. The van der Waals surface area contributed by atoms with E-state index in [0.717, 1.165) is 7.11 Å². The van der Waals surface area contributed by atoms with E-state index in [0.29, 0.717) is 5.57 Å². The first kappa shape index (κ1) is 24.8. The van der Waals surface area contributed by atoms with E-state index in [2.05, 4.69) is 26.3 Å². The minimum atomic E-state index is -1.51. The highest BCUT2D eigenvalue weighted by Gasteiger charge is 2.53. The molecule has 0 unspecified atom stereocenters. The van der Waals surface area contributed by atoms with Crippen LogP contribution in [0.25, 0.3) is 0 Å². The van der Waals surface area contributed by atoms with Crippen molar-refractivity contribution in [1.82, 2.24) is 0 Å². The number of ether oxygens (including phenoxy) is 2. The average molecular weight is 410 g/mol. The summed E-state index contributed by atoms with van der Waals surface area (Å²) in [4.78, 5) is 24.5. The molecule has 1 saturated carbocycles. The largest absolute Gasteiger partial charge is 0.466 e. The lowest BCUT2D eigenvalue weighted by atomic mass is 9.58. The van der Waals surface area contributed by atoms with Gasteiger partial charge in [-0.05, 0) is 17.4 Å². The van der Waals surface area contributed by atoms with E-state index >= 15 is 0 Å². The molecule has 0 heterocycles. The summed E-state index contributed by atoms with van der Waals surface area (Å²) in [5, 5.41) is 39.3. The Morgan fingerprint density at radius 1 is 1.24 bits per heavy atom. The van der Waals surface area contributed by atoms with Crippen LogP contribution in [0, 0.1) is 17.3 Å². The molecule has 0 bridgehead atoms. The molecule has 0 aromatic heterocycles. The van der Waals surface area contributed by atoms with Gasteiger partial charge in [-0.15, -0.1) is 6.58 Å². The first-order chi connectivity index (χ1) is 13.5. The lowest BCUT2D eigenvalue weighted by Gasteiger charge is -2.50. The van der Waals surface area contributed by atoms with Crippen molar-refractivity contribution in [1.29, 1.82) is 0 Å². The summed E-state index contributed by atoms with van der Waals surface area (Å²) in [5.74, 6) is -3.54. The summed E-state index contributed by atoms with van der Waals surface area (Å²) in [6.07, 6.45) is -2.17. The van der Waals surface area contributed by atoms with Crippen LogP contribution >= 0.6 is 0 Å². The summed E-state index contributed by atoms with van der Waals surface area (Å²) in [7, 11) is 1.15. The molecule has 29 heavy (non-hydrogen) atoms. The molecular formula is C21H30O8. The minimum absolute atomic E-state index is 0.117. The van der Waals surface area contributed by atoms with Gasteiger partial charge < -0.3 is 29.9 Å². The van der Waals surface area contributed by atoms with E-state index in [1.54, 1.807) is 13.0 Å². The second kappa shape index (κ2) is 9.98. The van der Waals surface area contributed by atoms with Gasteiger partial charge in [0, 0.05) is 11.5 Å². The van der Waals surface area contributed by atoms with Crippen molar-refractivity contribution in [2.75, 3.05) is 20.3 Å². The number of hydrogen-bond donors (Lipinski definition) is 4. The van der Waals surface area contributed by atoms with Crippen molar-refractivity contribution in [3.63, 3.8) is 0 Å². The van der Waals surface area contributed by atoms with Crippen LogP contribution in [0.15, 0.2) is 49.1 Å². The van der Waals surface area contributed by atoms with E-state index in [9.17, 15) is 24.9 Å². The Hall–Kier alpha value is -2.26. The van der Waals surface area contributed by atoms with E-state index in [4.69, 9.17) is 14.6 Å². The molecular weight excluding hydrogens is 380 g/mol. The molecule has 0 saturated heterocycles. The fourth-order valence-corrected chi connectivity index (χ4v) is 3.79. The van der Waals surface area contributed by atoms with Gasteiger partial charge in [0.05, 0.1) is 37.9 Å². The fourth-order valence-electron chi connectivity index (χ4n) is 3.79. The second-order valence-electron chi connectivity index (χ2n) is 7.41. The molecule has 162 valence electrons. The Kier molecular flexibility index (Phi) is 8.52. The van der Waals surface area contributed by atoms with Gasteiger partial charge in [0.1, 0.15) is 12.2 Å². The number of methoxy groups -OCH3 is 1. The normalized spacial score (nSPS) is 30.0. The lowest BCUT2D eigenvalue weighted by Crippen LogP contribution is -2.54. The van der Waals surface area contributed by atoms with Crippen molar-refractivity contribution in [3.05, 3.63) is 49.1 Å². The first-order valence-electron chi connectivity index (χ1n) is 9.05. The highest BCUT2D eigenvalue weighted by molar-refractivity contribution is 5.90. The molecule has 1 fully saturated rings. The van der Waals surface area contributed by atoms with Crippen molar-refractivity contribution >= 4 is 11.9 Å². The highest BCUT2D eigenvalue weighted by Crippen LogP contribution is 2.50. The standard InChI is InChI=1S/C21H30O8/c1-7-21(5)8-15(29-20(27)12(3)14(24)10-23)16(13(4)19(26)28-6)18(25)17(21)11(2)9-22/h7,14-18,22-25H,1-4,8-10H2,5-6H3/t14-,15-,16+,17+,18+,21+/m1/s1. The lowest BCUT2D eigenvalue weighted by molar-refractivity contribution is -0.162. The predicted molar refractivity (Wildman–Crippen MR) is 105 cm³/mol. The average Bonchev–Trinajstić information content (AvgIpc) is 2.70. The van der Waals surface area contributed by atoms with Gasteiger partial charge in [-0.1, -0.05) is 32.7 Å². The molecule has 0 aromatic rings. The summed E-state index contributed by atoms with van der Waals surface area (Å²) in [6, 6.07) is 0. The smallest absolute Gasteiger partial charge is 0.336 e. The quantitative estimate of drug-likeness (QED) is 0.242. The molecule has 0 spiro atoms. The SMILES string of the molecule is C=C[C@@]1(C)C[C@@H](OC(=O)C(=C)[C@H](O)CO)[C@H](C(=C)C(=O)OC)[C@H](O)[C@@H]1C(=C)CO. The second-order valence-corrected chi connectivity index (χ2v) is 7.41. The van der Waals surface area contributed by atoms with Crippen LogP contribution in [-0.2, 0) is 19.1 Å². The van der Waals surface area contributed by atoms with Gasteiger partial charge in [0.15, 0.2) is 0 Å². The van der Waals surface area contributed by atoms with Crippen LogP contribution < -0.4 is 0 Å². The maximum atomic E-state index is 12.4. The Balaban J connectivity index is 3.38. The number of rotatable bonds is 9. The zero-order valence-electron chi connectivity index (χ0n) is 16.8. The maximum Gasteiger partial charge on any atom is 0.336 e. The Labute approximate surface area is 170 Å². The monoisotopic (exact) mass is 410 g/mol. The summed E-state index contributed by atoms with van der Waals surface area (Å²) in [5.41, 5.74) is -0.999. The van der Waals surface area contributed by atoms with Crippen LogP contribution in [0.1, 0.15) is 13.3 Å². The minimum Gasteiger partial charge on any atom is -0.466 e. The Morgan fingerprint density at radius 3 is 2.28 bits per heavy atom. The Bertz CT molecular complexity index is 697. The summed E-state index contributed by atoms with van der Waals surface area (Å²) >= 11 is 0. The van der Waals surface area contributed by atoms with Gasteiger partial charge in [0.25, 0.3) is 0 Å². The number of aliphatic hydroxyl groups is 4. The molecule has 0 aromatic carbocycles. The number of esters is 2. The molecule has 1 aliphatic rings. The van der Waals surface area contributed by atoms with Gasteiger partial charge in [-0.2, -0.15) is 0 Å². The van der Waals surface area contributed by atoms with Crippen LogP contribution in [0.3, 0.4) is 0 Å². The van der Waals surface area contributed by atoms with E-state index in [1.165, 1.54) is 0 Å². The number of allylic oxidation sites excluding steroid dienone is 1. The topological polar surface area (TPSA) is 134 Å². The van der Waals surface area contributed by atoms with E-state index < -0.39 is 60.7 Å². The van der Waals surface area contributed by atoms with Crippen LogP contribution in [0.5, 0.6) is 0 Å². The molecule has 4 N–H and O–H groups in total. The molecule has 6 atom stereocenters. The molecule has 1 aliphatic carbocycles. The van der Waals surface area contributed by atoms with Crippen molar-refractivity contribution in [2.24, 2.45) is 17.3 Å². The third-order valence-corrected chi connectivity index (χ3v) is 5.52. The van der Waals surface area contributed by atoms with E-state index in [-0.39, 0.29) is 17.6 Å². The van der Waals surface area contributed by atoms with E-state index in [1.807, 2.05) is 0 Å². The Morgan fingerprint density at radius 2 is 1.83 bits per heavy atom. The molecule has 1 rings (SSSR count). The van der Waals surface area contributed by atoms with Gasteiger partial charge in [-0.3, -0.25) is 0 Å². The summed E-state index contributed by atoms with van der Waals surface area (Å²) < 4.78 is 10.2. The number of carbonyl (C=O) groups is 2. The van der Waals surface area contributed by atoms with Gasteiger partial charge >= 0.3 is 11.9 Å². The molecule has 0 aliphatic heterocycles. The van der Waals surface area contributed by atoms with Crippen molar-refractivity contribution < 1.29 is 39.5 Å². The third-order valence-electron chi connectivity index (χ3n) is 5.52. The number of carbonyl (C=O) groups excluding carboxylic acids is 2. The fraction of sp³-hybridized carbons (Fsp3) is 0.524. The van der Waals surface area contributed by atoms with Crippen LogP contribution in [-0.4, -0.2) is 71.0 Å². The predicted octanol–water partition coefficient (Wildman–Crippen LogP) is 0.275. The maximum absolute atomic E-state index is 12.4. The molecule has 8 nitrogen and oxygen atoms in total. The molecule has 8 heteroatoms. The van der Waals surface area contributed by atoms with Crippen LogP contribution in [0.4, 0.5) is 0 Å². The van der Waals surface area contributed by atoms with Gasteiger partial charge in [-0.25, -0.2) is 9.59 Å². The highest BCUT2D eigenvalue weighted by atomic mass is 16.5. The van der Waals surface area contributed by atoms with Crippen molar-refractivity contribution in [3.8, 4) is 0 Å². The first-order valence-corrected chi connectivity index (χ1v) is 9.05. The van der Waals surface area contributed by atoms with Crippen LogP contribution in [0.2, 0.25) is 0 Å². The molecule has 0 amide bonds.